The van der Waals surface area contributed by atoms with Gasteiger partial charge in [-0.05, 0) is 24.6 Å². The molecule has 0 unspecified atom stereocenters. The molecule has 0 amide bonds. The first-order chi connectivity index (χ1) is 16.7. The van der Waals surface area contributed by atoms with Crippen LogP contribution in [-0.2, 0) is 24.9 Å². The molecule has 0 saturated heterocycles. The second kappa shape index (κ2) is 9.98. The van der Waals surface area contributed by atoms with E-state index in [2.05, 4.69) is 15.1 Å². The number of hydrogen-bond acceptors (Lipinski definition) is 5. The highest BCUT2D eigenvalue weighted by atomic mass is 35.5. The van der Waals surface area contributed by atoms with Gasteiger partial charge in [0.2, 0.25) is 5.62 Å². The van der Waals surface area contributed by atoms with Crippen molar-refractivity contribution in [1.29, 1.82) is 0 Å². The van der Waals surface area contributed by atoms with Gasteiger partial charge in [0.25, 0.3) is 0 Å². The van der Waals surface area contributed by atoms with E-state index in [0.717, 1.165) is 21.3 Å². The van der Waals surface area contributed by atoms with E-state index in [1.807, 2.05) is 43.3 Å². The Hall–Kier alpha value is -4.18. The zero-order valence-electron chi connectivity index (χ0n) is 19.1. The molecule has 35 heavy (non-hydrogen) atoms. The van der Waals surface area contributed by atoms with E-state index in [1.165, 1.54) is 9.25 Å². The number of aliphatic carboxylic acids is 1. The summed E-state index contributed by atoms with van der Waals surface area (Å²) in [5.41, 5.74) is 1.98. The van der Waals surface area contributed by atoms with Crippen LogP contribution in [0.15, 0.2) is 69.2 Å². The zero-order valence-corrected chi connectivity index (χ0v) is 19.9. The van der Waals surface area contributed by atoms with Gasteiger partial charge in [0, 0.05) is 30.2 Å². The van der Waals surface area contributed by atoms with Gasteiger partial charge in [0.1, 0.15) is 0 Å². The number of aryl methyl sites for hydroxylation is 2. The monoisotopic (exact) mass is 494 g/mol. The van der Waals surface area contributed by atoms with Crippen molar-refractivity contribution in [2.45, 2.75) is 26.4 Å². The van der Waals surface area contributed by atoms with Crippen molar-refractivity contribution in [2.75, 3.05) is 0 Å². The molecule has 2 aromatic heterocycles. The third-order valence-electron chi connectivity index (χ3n) is 5.41. The number of aromatic amines is 1. The minimum absolute atomic E-state index is 0.0257. The normalized spacial score (nSPS) is 11.7. The maximum Gasteiger partial charge on any atom is 0.335 e. The number of aromatic nitrogens is 5. The first kappa shape index (κ1) is 24.0. The fraction of sp³-hybridized carbons (Fsp3) is 0.208. The average Bonchev–Trinajstić information content (AvgIpc) is 3.18. The molecule has 0 fully saturated rings. The van der Waals surface area contributed by atoms with Crippen LogP contribution in [0.1, 0.15) is 17.5 Å². The number of benzene rings is 2. The largest absolute Gasteiger partial charge is 0.481 e. The maximum absolute atomic E-state index is 13.2. The molecule has 0 saturated carbocycles. The van der Waals surface area contributed by atoms with Gasteiger partial charge in [-0.1, -0.05) is 53.6 Å². The molecule has 180 valence electrons. The van der Waals surface area contributed by atoms with E-state index in [9.17, 15) is 14.4 Å². The Bertz CT molecular complexity index is 1560. The molecule has 0 atom stereocenters. The molecule has 0 aliphatic carbocycles. The number of nitrogens with one attached hydrogen (secondary N) is 1. The number of halogens is 1. The highest BCUT2D eigenvalue weighted by Gasteiger charge is 2.13. The third kappa shape index (κ3) is 5.49. The Morgan fingerprint density at radius 1 is 1.09 bits per heavy atom. The SMILES string of the molecule is Cc1ccc(Cn2c(=O)n(CCC(=O)O)c(=O)[nH]/c2=N\c2cc(-c3ccc(Cl)cc3)nn2C)cc1. The molecular formula is C24H23ClN6O4. The van der Waals surface area contributed by atoms with Crippen molar-refractivity contribution in [3.63, 3.8) is 0 Å². The van der Waals surface area contributed by atoms with E-state index < -0.39 is 17.3 Å². The van der Waals surface area contributed by atoms with Gasteiger partial charge in [-0.15, -0.1) is 0 Å². The van der Waals surface area contributed by atoms with E-state index in [-0.39, 0.29) is 25.1 Å². The van der Waals surface area contributed by atoms with Gasteiger partial charge in [0.05, 0.1) is 18.7 Å². The summed E-state index contributed by atoms with van der Waals surface area (Å²) in [5.74, 6) is -0.703. The Labute approximate surface area is 204 Å². The molecule has 2 heterocycles. The number of carboxylic acid groups (broad SMARTS) is 1. The lowest BCUT2D eigenvalue weighted by atomic mass is 10.1. The maximum atomic E-state index is 13.2. The van der Waals surface area contributed by atoms with Crippen LogP contribution in [0.2, 0.25) is 5.02 Å². The smallest absolute Gasteiger partial charge is 0.335 e. The van der Waals surface area contributed by atoms with Gasteiger partial charge >= 0.3 is 17.3 Å². The van der Waals surface area contributed by atoms with Crippen molar-refractivity contribution < 1.29 is 9.90 Å². The van der Waals surface area contributed by atoms with E-state index in [4.69, 9.17) is 16.7 Å². The summed E-state index contributed by atoms with van der Waals surface area (Å²) in [6.07, 6.45) is -0.365. The lowest BCUT2D eigenvalue weighted by molar-refractivity contribution is -0.137. The molecule has 0 aliphatic heterocycles. The van der Waals surface area contributed by atoms with Crippen molar-refractivity contribution in [2.24, 2.45) is 12.0 Å². The molecule has 0 bridgehead atoms. The Morgan fingerprint density at radius 3 is 2.43 bits per heavy atom. The summed E-state index contributed by atoms with van der Waals surface area (Å²) < 4.78 is 3.71. The molecule has 0 spiro atoms. The van der Waals surface area contributed by atoms with E-state index in [0.29, 0.717) is 16.5 Å². The number of carbonyl (C=O) groups is 1. The molecule has 4 aromatic rings. The fourth-order valence-electron chi connectivity index (χ4n) is 3.50. The van der Waals surface area contributed by atoms with Crippen LogP contribution >= 0.6 is 11.6 Å². The van der Waals surface area contributed by atoms with Gasteiger partial charge in [-0.3, -0.25) is 19.0 Å². The highest BCUT2D eigenvalue weighted by molar-refractivity contribution is 6.30. The van der Waals surface area contributed by atoms with Crippen LogP contribution < -0.4 is 17.0 Å². The quantitative estimate of drug-likeness (QED) is 0.408. The van der Waals surface area contributed by atoms with Crippen LogP contribution in [-0.4, -0.2) is 35.0 Å². The summed E-state index contributed by atoms with van der Waals surface area (Å²) in [4.78, 5) is 44.1. The van der Waals surface area contributed by atoms with Crippen LogP contribution in [0.4, 0.5) is 5.82 Å². The van der Waals surface area contributed by atoms with Crippen LogP contribution in [0.3, 0.4) is 0 Å². The molecular weight excluding hydrogens is 472 g/mol. The lowest BCUT2D eigenvalue weighted by Gasteiger charge is -2.11. The van der Waals surface area contributed by atoms with Gasteiger partial charge in [-0.2, -0.15) is 10.1 Å². The van der Waals surface area contributed by atoms with Gasteiger partial charge in [0.15, 0.2) is 5.82 Å². The first-order valence-corrected chi connectivity index (χ1v) is 11.1. The molecule has 11 heteroatoms. The number of hydrogen-bond donors (Lipinski definition) is 2. The number of nitrogens with zero attached hydrogens (tertiary/aromatic N) is 5. The van der Waals surface area contributed by atoms with Crippen molar-refractivity contribution >= 4 is 23.4 Å². The van der Waals surface area contributed by atoms with Crippen LogP contribution in [0.25, 0.3) is 11.3 Å². The van der Waals surface area contributed by atoms with Crippen LogP contribution in [0, 0.1) is 6.92 Å². The molecule has 2 N–H and O–H groups in total. The second-order valence-corrected chi connectivity index (χ2v) is 8.47. The molecule has 2 aromatic carbocycles. The highest BCUT2D eigenvalue weighted by Crippen LogP contribution is 2.24. The van der Waals surface area contributed by atoms with Gasteiger partial charge < -0.3 is 5.11 Å². The first-order valence-electron chi connectivity index (χ1n) is 10.8. The number of rotatable bonds is 7. The minimum atomic E-state index is -1.11. The van der Waals surface area contributed by atoms with Crippen molar-refractivity contribution in [3.05, 3.63) is 97.3 Å². The number of H-pyrrole nitrogens is 1. The summed E-state index contributed by atoms with van der Waals surface area (Å²) in [7, 11) is 1.70. The fourth-order valence-corrected chi connectivity index (χ4v) is 3.62. The third-order valence-corrected chi connectivity index (χ3v) is 5.66. The second-order valence-electron chi connectivity index (χ2n) is 8.03. The lowest BCUT2D eigenvalue weighted by Crippen LogP contribution is -2.50. The van der Waals surface area contributed by atoms with Gasteiger partial charge in [-0.25, -0.2) is 14.2 Å². The summed E-state index contributed by atoms with van der Waals surface area (Å²) in [6.45, 7) is 1.82. The topological polar surface area (TPSA) is 127 Å². The summed E-state index contributed by atoms with van der Waals surface area (Å²) in [5, 5.41) is 14.1. The molecule has 0 aliphatic rings. The molecule has 10 nitrogen and oxygen atoms in total. The Kier molecular flexibility index (Phi) is 6.83. The predicted octanol–water partition coefficient (Wildman–Crippen LogP) is 2.46. The number of carboxylic acids is 1. The van der Waals surface area contributed by atoms with E-state index >= 15 is 0 Å². The minimum Gasteiger partial charge on any atom is -0.481 e. The molecule has 4 rings (SSSR count). The Morgan fingerprint density at radius 2 is 1.77 bits per heavy atom. The standard InChI is InChI=1S/C24H23ClN6O4/c1-15-3-5-16(6-4-15)14-31-22(27-23(34)30(24(31)35)12-11-21(32)33)26-20-13-19(28-29(20)2)17-7-9-18(25)10-8-17/h3-10,13H,11-12,14H2,1-2H3,(H,32,33)(H,26,27,34). The predicted molar refractivity (Wildman–Crippen MR) is 131 cm³/mol. The Balaban J connectivity index is 1.85. The molecule has 0 radical (unpaired) electrons. The zero-order chi connectivity index (χ0) is 25.1. The van der Waals surface area contributed by atoms with Crippen molar-refractivity contribution in [1.82, 2.24) is 23.9 Å². The average molecular weight is 495 g/mol. The van der Waals surface area contributed by atoms with Crippen LogP contribution in [0.5, 0.6) is 0 Å². The summed E-state index contributed by atoms with van der Waals surface area (Å²) in [6, 6.07) is 16.5. The van der Waals surface area contributed by atoms with E-state index in [1.54, 1.807) is 25.2 Å². The van der Waals surface area contributed by atoms with Crippen molar-refractivity contribution in [3.8, 4) is 11.3 Å². The summed E-state index contributed by atoms with van der Waals surface area (Å²) >= 11 is 5.97.